The van der Waals surface area contributed by atoms with Crippen molar-refractivity contribution in [2.75, 3.05) is 0 Å². The van der Waals surface area contributed by atoms with Crippen molar-refractivity contribution < 1.29 is 0 Å². The second kappa shape index (κ2) is 7.70. The van der Waals surface area contributed by atoms with Crippen LogP contribution in [-0.2, 0) is 0 Å². The van der Waals surface area contributed by atoms with E-state index < -0.39 is 0 Å². The summed E-state index contributed by atoms with van der Waals surface area (Å²) in [6.45, 7) is 17.0. The van der Waals surface area contributed by atoms with E-state index in [1.807, 2.05) is 0 Å². The van der Waals surface area contributed by atoms with Gasteiger partial charge in [0.15, 0.2) is 0 Å². The maximum atomic E-state index is 2.52. The van der Waals surface area contributed by atoms with E-state index in [1.165, 1.54) is 32.1 Å². The Bertz CT molecular complexity index is 242. The molecule has 6 unspecified atom stereocenters. The Hall–Kier alpha value is 0. The molecule has 0 heteroatoms. The van der Waals surface area contributed by atoms with Crippen LogP contribution in [0.2, 0.25) is 0 Å². The van der Waals surface area contributed by atoms with Crippen LogP contribution in [0.5, 0.6) is 0 Å². The summed E-state index contributed by atoms with van der Waals surface area (Å²) in [5, 5.41) is 0. The van der Waals surface area contributed by atoms with Gasteiger partial charge in [-0.05, 0) is 60.7 Å². The Labute approximate surface area is 122 Å². The molecule has 1 fully saturated rings. The van der Waals surface area contributed by atoms with Crippen molar-refractivity contribution in [2.45, 2.75) is 80.6 Å². The van der Waals surface area contributed by atoms with Crippen molar-refractivity contribution in [3.8, 4) is 0 Å². The Morgan fingerprint density at radius 1 is 0.947 bits per heavy atom. The molecule has 0 aliphatic heterocycles. The molecule has 6 atom stereocenters. The van der Waals surface area contributed by atoms with Crippen LogP contribution < -0.4 is 0 Å². The Morgan fingerprint density at radius 2 is 1.58 bits per heavy atom. The average molecular weight is 267 g/mol. The molecular formula is C19H38. The van der Waals surface area contributed by atoms with Crippen LogP contribution in [0, 0.1) is 41.4 Å². The molecule has 0 radical (unpaired) electrons. The lowest BCUT2D eigenvalue weighted by atomic mass is 9.80. The summed E-state index contributed by atoms with van der Waals surface area (Å²) >= 11 is 0. The zero-order chi connectivity index (χ0) is 14.6. The van der Waals surface area contributed by atoms with Gasteiger partial charge >= 0.3 is 0 Å². The predicted octanol–water partition coefficient (Wildman–Crippen LogP) is 6.40. The van der Waals surface area contributed by atoms with E-state index in [2.05, 4.69) is 48.5 Å². The fourth-order valence-electron chi connectivity index (χ4n) is 4.31. The van der Waals surface area contributed by atoms with Crippen LogP contribution in [0.3, 0.4) is 0 Å². The van der Waals surface area contributed by atoms with Crippen LogP contribution in [-0.4, -0.2) is 0 Å². The molecule has 0 aromatic carbocycles. The van der Waals surface area contributed by atoms with Crippen LogP contribution in [0.15, 0.2) is 0 Å². The van der Waals surface area contributed by atoms with E-state index in [0.717, 1.165) is 41.4 Å². The molecule has 0 saturated heterocycles. The Balaban J connectivity index is 2.49. The van der Waals surface area contributed by atoms with E-state index in [0.29, 0.717) is 0 Å². The average Bonchev–Trinajstić information content (AvgIpc) is 2.71. The first kappa shape index (κ1) is 17.1. The smallest absolute Gasteiger partial charge is 0.0360 e. The highest BCUT2D eigenvalue weighted by Gasteiger charge is 2.36. The summed E-state index contributed by atoms with van der Waals surface area (Å²) < 4.78 is 0. The van der Waals surface area contributed by atoms with Gasteiger partial charge in [-0.15, -0.1) is 0 Å². The molecule has 0 amide bonds. The maximum absolute atomic E-state index is 2.52. The van der Waals surface area contributed by atoms with Gasteiger partial charge in [0.1, 0.15) is 0 Å². The molecule has 1 aliphatic rings. The van der Waals surface area contributed by atoms with Gasteiger partial charge in [0.05, 0.1) is 0 Å². The second-order valence-electron chi connectivity index (χ2n) is 8.07. The fourth-order valence-corrected chi connectivity index (χ4v) is 4.31. The summed E-state index contributed by atoms with van der Waals surface area (Å²) in [6.07, 6.45) is 7.22. The molecule has 0 nitrogen and oxygen atoms in total. The third-order valence-corrected chi connectivity index (χ3v) is 6.14. The Morgan fingerprint density at radius 3 is 2.11 bits per heavy atom. The predicted molar refractivity (Wildman–Crippen MR) is 87.2 cm³/mol. The van der Waals surface area contributed by atoms with E-state index in [1.54, 1.807) is 0 Å². The molecule has 1 rings (SSSR count). The topological polar surface area (TPSA) is 0 Å². The molecule has 0 N–H and O–H groups in total. The van der Waals surface area contributed by atoms with Crippen molar-refractivity contribution in [1.29, 1.82) is 0 Å². The lowest BCUT2D eigenvalue weighted by Crippen LogP contribution is -2.16. The normalized spacial score (nSPS) is 32.5. The van der Waals surface area contributed by atoms with Crippen molar-refractivity contribution in [3.05, 3.63) is 0 Å². The van der Waals surface area contributed by atoms with Gasteiger partial charge in [-0.1, -0.05) is 61.3 Å². The lowest BCUT2D eigenvalue weighted by Gasteiger charge is -2.26. The fraction of sp³-hybridized carbons (Fsp3) is 1.00. The molecule has 1 aliphatic carbocycles. The van der Waals surface area contributed by atoms with Gasteiger partial charge in [-0.2, -0.15) is 0 Å². The van der Waals surface area contributed by atoms with Crippen molar-refractivity contribution in [1.82, 2.24) is 0 Å². The van der Waals surface area contributed by atoms with Crippen molar-refractivity contribution in [2.24, 2.45) is 41.4 Å². The first-order valence-corrected chi connectivity index (χ1v) is 8.86. The largest absolute Gasteiger partial charge is 0.0654 e. The highest BCUT2D eigenvalue weighted by atomic mass is 14.4. The number of hydrogen-bond acceptors (Lipinski definition) is 0. The summed E-state index contributed by atoms with van der Waals surface area (Å²) in [4.78, 5) is 0. The highest BCUT2D eigenvalue weighted by Crippen LogP contribution is 2.46. The molecule has 0 heterocycles. The van der Waals surface area contributed by atoms with Gasteiger partial charge in [0, 0.05) is 0 Å². The minimum Gasteiger partial charge on any atom is -0.0654 e. The van der Waals surface area contributed by atoms with Crippen molar-refractivity contribution in [3.63, 3.8) is 0 Å². The van der Waals surface area contributed by atoms with E-state index in [9.17, 15) is 0 Å². The lowest BCUT2D eigenvalue weighted by molar-refractivity contribution is 0.245. The van der Waals surface area contributed by atoms with E-state index in [-0.39, 0.29) is 0 Å². The molecule has 19 heavy (non-hydrogen) atoms. The van der Waals surface area contributed by atoms with Gasteiger partial charge < -0.3 is 0 Å². The standard InChI is InChI=1S/C19H38/c1-8-9-14(4)19-12-18(11-17(19)7)16(6)10-15(5)13(2)3/h13-19H,8-12H2,1-7H3. The zero-order valence-electron chi connectivity index (χ0n) is 14.6. The monoisotopic (exact) mass is 266 g/mol. The minimum atomic E-state index is 0.844. The summed E-state index contributed by atoms with van der Waals surface area (Å²) in [7, 11) is 0. The van der Waals surface area contributed by atoms with Gasteiger partial charge in [-0.25, -0.2) is 0 Å². The summed E-state index contributed by atoms with van der Waals surface area (Å²) in [5.41, 5.74) is 0. The van der Waals surface area contributed by atoms with Crippen LogP contribution in [0.1, 0.15) is 80.6 Å². The summed E-state index contributed by atoms with van der Waals surface area (Å²) in [6, 6.07) is 0. The molecule has 114 valence electrons. The minimum absolute atomic E-state index is 0.844. The molecule has 0 bridgehead atoms. The molecule has 1 saturated carbocycles. The number of hydrogen-bond donors (Lipinski definition) is 0. The molecular weight excluding hydrogens is 228 g/mol. The first-order valence-electron chi connectivity index (χ1n) is 8.86. The van der Waals surface area contributed by atoms with Crippen LogP contribution in [0.25, 0.3) is 0 Å². The second-order valence-corrected chi connectivity index (χ2v) is 8.07. The van der Waals surface area contributed by atoms with E-state index >= 15 is 0 Å². The molecule has 0 aromatic heterocycles. The summed E-state index contributed by atoms with van der Waals surface area (Å²) in [5.74, 6) is 6.57. The van der Waals surface area contributed by atoms with Gasteiger partial charge in [0.2, 0.25) is 0 Å². The zero-order valence-corrected chi connectivity index (χ0v) is 14.6. The molecule has 0 spiro atoms. The SMILES string of the molecule is CCCC(C)C1CC(C(C)CC(C)C(C)C)CC1C. The quantitative estimate of drug-likeness (QED) is 0.500. The third kappa shape index (κ3) is 4.80. The Kier molecular flexibility index (Phi) is 6.91. The van der Waals surface area contributed by atoms with Gasteiger partial charge in [0.25, 0.3) is 0 Å². The van der Waals surface area contributed by atoms with E-state index in [4.69, 9.17) is 0 Å². The van der Waals surface area contributed by atoms with Crippen LogP contribution >= 0.6 is 0 Å². The first-order chi connectivity index (χ1) is 8.86. The maximum Gasteiger partial charge on any atom is -0.0360 e. The number of rotatable bonds is 7. The molecule has 0 aromatic rings. The highest BCUT2D eigenvalue weighted by molar-refractivity contribution is 4.86. The van der Waals surface area contributed by atoms with Crippen LogP contribution in [0.4, 0.5) is 0 Å². The third-order valence-electron chi connectivity index (χ3n) is 6.14. The van der Waals surface area contributed by atoms with Gasteiger partial charge in [-0.3, -0.25) is 0 Å². The van der Waals surface area contributed by atoms with Crippen molar-refractivity contribution >= 4 is 0 Å².